The summed E-state index contributed by atoms with van der Waals surface area (Å²) in [4.78, 5) is 27.4. The van der Waals surface area contributed by atoms with E-state index in [9.17, 15) is 18.7 Å². The van der Waals surface area contributed by atoms with Gasteiger partial charge in [0.25, 0.3) is 0 Å². The second kappa shape index (κ2) is 10.2. The molecule has 33 heavy (non-hydrogen) atoms. The maximum Gasteiger partial charge on any atom is 0.388 e. The van der Waals surface area contributed by atoms with E-state index in [1.807, 2.05) is 0 Å². The number of nitrogens with zero attached hydrogens (tertiary/aromatic N) is 4. The predicted molar refractivity (Wildman–Crippen MR) is 104 cm³/mol. The Kier molecular flexibility index (Phi) is 7.17. The van der Waals surface area contributed by atoms with Gasteiger partial charge in [-0.1, -0.05) is 6.07 Å². The van der Waals surface area contributed by atoms with Crippen LogP contribution in [0.1, 0.15) is 10.4 Å². The van der Waals surface area contributed by atoms with Crippen molar-refractivity contribution in [2.24, 2.45) is 0 Å². The number of halogens is 2. The van der Waals surface area contributed by atoms with Crippen molar-refractivity contribution >= 4 is 5.97 Å². The van der Waals surface area contributed by atoms with E-state index in [0.29, 0.717) is 0 Å². The lowest BCUT2D eigenvalue weighted by atomic mass is 10.2. The predicted octanol–water partition coefficient (Wildman–Crippen LogP) is 3.18. The van der Waals surface area contributed by atoms with Crippen LogP contribution in [0.4, 0.5) is 8.78 Å². The van der Waals surface area contributed by atoms with Gasteiger partial charge in [0.2, 0.25) is 23.5 Å². The van der Waals surface area contributed by atoms with Crippen molar-refractivity contribution in [3.05, 3.63) is 35.9 Å². The van der Waals surface area contributed by atoms with E-state index >= 15 is 0 Å². The number of aromatic carboxylic acids is 1. The summed E-state index contributed by atoms with van der Waals surface area (Å²) in [7, 11) is 3.96. The zero-order valence-corrected chi connectivity index (χ0v) is 17.3. The van der Waals surface area contributed by atoms with Gasteiger partial charge in [-0.2, -0.15) is 28.7 Å². The Bertz CT molecular complexity index is 1130. The number of benzene rings is 1. The molecule has 3 aromatic rings. The van der Waals surface area contributed by atoms with Gasteiger partial charge in [0.15, 0.2) is 0 Å². The molecular weight excluding hydrogens is 450 g/mol. The Hall–Kier alpha value is -4.49. The van der Waals surface area contributed by atoms with Crippen LogP contribution in [-0.2, 0) is 0 Å². The topological polar surface area (TPSA) is 144 Å². The van der Waals surface area contributed by atoms with E-state index in [4.69, 9.17) is 23.7 Å². The maximum atomic E-state index is 12.6. The van der Waals surface area contributed by atoms with Gasteiger partial charge in [0.1, 0.15) is 17.1 Å². The summed E-state index contributed by atoms with van der Waals surface area (Å²) in [6.07, 6.45) is 0. The molecule has 0 spiro atoms. The zero-order chi connectivity index (χ0) is 24.0. The number of carbonyl (C=O) groups is 1. The summed E-state index contributed by atoms with van der Waals surface area (Å²) in [5, 5.41) is 9.74. The third kappa shape index (κ3) is 5.81. The van der Waals surface area contributed by atoms with Crippen LogP contribution in [0.3, 0.4) is 0 Å². The molecule has 174 valence electrons. The van der Waals surface area contributed by atoms with Gasteiger partial charge in [-0.05, 0) is 12.1 Å². The number of aromatic nitrogens is 4. The highest BCUT2D eigenvalue weighted by atomic mass is 19.3. The molecule has 0 aliphatic rings. The van der Waals surface area contributed by atoms with Crippen molar-refractivity contribution in [2.75, 3.05) is 21.3 Å². The summed E-state index contributed by atoms with van der Waals surface area (Å²) in [6.45, 7) is -3.16. The second-order valence-corrected chi connectivity index (χ2v) is 5.78. The van der Waals surface area contributed by atoms with Crippen molar-refractivity contribution < 1.29 is 47.1 Å². The molecule has 2 heterocycles. The summed E-state index contributed by atoms with van der Waals surface area (Å²) in [6, 6.07) is 5.63. The van der Waals surface area contributed by atoms with Gasteiger partial charge < -0.3 is 33.5 Å². The molecule has 3 rings (SSSR count). The van der Waals surface area contributed by atoms with Gasteiger partial charge in [0, 0.05) is 0 Å². The van der Waals surface area contributed by atoms with E-state index in [2.05, 4.69) is 24.7 Å². The Balaban J connectivity index is 1.99. The Morgan fingerprint density at radius 3 is 1.64 bits per heavy atom. The van der Waals surface area contributed by atoms with Gasteiger partial charge >= 0.3 is 24.6 Å². The summed E-state index contributed by atoms with van der Waals surface area (Å²) < 4.78 is 55.3. The van der Waals surface area contributed by atoms with Crippen molar-refractivity contribution in [1.82, 2.24) is 19.9 Å². The van der Waals surface area contributed by atoms with Gasteiger partial charge in [-0.3, -0.25) is 0 Å². The number of ether oxygens (including phenoxy) is 6. The average molecular weight is 466 g/mol. The molecule has 2 aromatic heterocycles. The minimum Gasteiger partial charge on any atom is -0.481 e. The Morgan fingerprint density at radius 1 is 0.818 bits per heavy atom. The molecule has 0 unspecified atom stereocenters. The van der Waals surface area contributed by atoms with E-state index in [1.165, 1.54) is 45.6 Å². The minimum atomic E-state index is -3.16. The van der Waals surface area contributed by atoms with Crippen molar-refractivity contribution in [2.45, 2.75) is 6.61 Å². The number of carboxylic acid groups (broad SMARTS) is 1. The van der Waals surface area contributed by atoms with Crippen LogP contribution in [0.25, 0.3) is 0 Å². The molecule has 0 saturated heterocycles. The van der Waals surface area contributed by atoms with E-state index in [0.717, 1.165) is 6.07 Å². The SMILES string of the molecule is COc1cc(OC)nc(Oc2cccc(Oc3nc(OC)cc(OC(F)F)n3)c2C(=O)O)n1. The quantitative estimate of drug-likeness (QED) is 0.468. The number of hydrogen-bond acceptors (Lipinski definition) is 11. The van der Waals surface area contributed by atoms with Crippen LogP contribution in [0.5, 0.6) is 47.0 Å². The molecule has 0 aliphatic carbocycles. The van der Waals surface area contributed by atoms with Gasteiger partial charge in [0.05, 0.1) is 33.5 Å². The Morgan fingerprint density at radius 2 is 1.24 bits per heavy atom. The lowest BCUT2D eigenvalue weighted by Gasteiger charge is -2.13. The van der Waals surface area contributed by atoms with Gasteiger partial charge in [-0.25, -0.2) is 4.79 Å². The smallest absolute Gasteiger partial charge is 0.388 e. The van der Waals surface area contributed by atoms with Crippen LogP contribution in [0.2, 0.25) is 0 Å². The molecule has 14 heteroatoms. The molecule has 0 atom stereocenters. The number of carboxylic acids is 1. The Labute approximate surface area is 184 Å². The number of alkyl halides is 2. The van der Waals surface area contributed by atoms with Crippen molar-refractivity contribution in [3.63, 3.8) is 0 Å². The van der Waals surface area contributed by atoms with Crippen molar-refractivity contribution in [3.8, 4) is 47.0 Å². The molecule has 0 aliphatic heterocycles. The highest BCUT2D eigenvalue weighted by Crippen LogP contribution is 2.35. The minimum absolute atomic E-state index is 0.109. The fourth-order valence-electron chi connectivity index (χ4n) is 2.41. The van der Waals surface area contributed by atoms with Crippen molar-refractivity contribution in [1.29, 1.82) is 0 Å². The third-order valence-electron chi connectivity index (χ3n) is 3.76. The first-order valence-corrected chi connectivity index (χ1v) is 8.90. The zero-order valence-electron chi connectivity index (χ0n) is 17.3. The summed E-state index contributed by atoms with van der Waals surface area (Å²) in [5.74, 6) is -2.41. The lowest BCUT2D eigenvalue weighted by molar-refractivity contribution is -0.0532. The molecule has 0 radical (unpaired) electrons. The standard InChI is InChI=1S/C19H16F2N4O8/c1-28-11-7-12(29-2)23-18(22-11)31-9-5-4-6-10(15(9)16(26)27)32-19-24-13(30-3)8-14(25-19)33-17(20)21/h4-8,17H,1-3H3,(H,26,27). The largest absolute Gasteiger partial charge is 0.481 e. The molecule has 0 fully saturated rings. The molecule has 1 N–H and O–H groups in total. The molecule has 0 saturated carbocycles. The highest BCUT2D eigenvalue weighted by Gasteiger charge is 2.22. The first kappa shape index (κ1) is 23.2. The second-order valence-electron chi connectivity index (χ2n) is 5.78. The fourth-order valence-corrected chi connectivity index (χ4v) is 2.41. The summed E-state index contributed by atoms with van der Waals surface area (Å²) in [5.41, 5.74) is -0.453. The first-order chi connectivity index (χ1) is 15.8. The van der Waals surface area contributed by atoms with E-state index in [1.54, 1.807) is 0 Å². The first-order valence-electron chi connectivity index (χ1n) is 8.90. The summed E-state index contributed by atoms with van der Waals surface area (Å²) >= 11 is 0. The third-order valence-corrected chi connectivity index (χ3v) is 3.76. The number of hydrogen-bond donors (Lipinski definition) is 1. The molecule has 0 amide bonds. The maximum absolute atomic E-state index is 12.6. The molecule has 12 nitrogen and oxygen atoms in total. The van der Waals surface area contributed by atoms with Crippen LogP contribution >= 0.6 is 0 Å². The monoisotopic (exact) mass is 466 g/mol. The van der Waals surface area contributed by atoms with Gasteiger partial charge in [-0.15, -0.1) is 0 Å². The van der Waals surface area contributed by atoms with Crippen LogP contribution in [-0.4, -0.2) is 59.0 Å². The molecular formula is C19H16F2N4O8. The lowest BCUT2D eigenvalue weighted by Crippen LogP contribution is -2.07. The van der Waals surface area contributed by atoms with E-state index in [-0.39, 0.29) is 35.1 Å². The fraction of sp³-hybridized carbons (Fsp3) is 0.211. The highest BCUT2D eigenvalue weighted by molar-refractivity contribution is 5.94. The normalized spacial score (nSPS) is 10.5. The van der Waals surface area contributed by atoms with Crippen LogP contribution in [0.15, 0.2) is 30.3 Å². The van der Waals surface area contributed by atoms with Crippen LogP contribution in [0, 0.1) is 0 Å². The average Bonchev–Trinajstić information content (AvgIpc) is 2.78. The molecule has 1 aromatic carbocycles. The number of rotatable bonds is 10. The van der Waals surface area contributed by atoms with Crippen LogP contribution < -0.4 is 28.4 Å². The molecule has 0 bridgehead atoms. The number of methoxy groups -OCH3 is 3. The van der Waals surface area contributed by atoms with E-state index < -0.39 is 30.0 Å².